The van der Waals surface area contributed by atoms with Gasteiger partial charge < -0.3 is 20.3 Å². The van der Waals surface area contributed by atoms with E-state index >= 15 is 0 Å². The van der Waals surface area contributed by atoms with Crippen LogP contribution in [0.15, 0.2) is 22.7 Å². The Labute approximate surface area is 218 Å². The van der Waals surface area contributed by atoms with Crippen LogP contribution in [0, 0.1) is 35.0 Å². The molecule has 6 rings (SSSR count). The van der Waals surface area contributed by atoms with Crippen LogP contribution in [0.5, 0.6) is 5.75 Å². The molecular formula is C28H43BrN2O4. The van der Waals surface area contributed by atoms with E-state index in [1.807, 2.05) is 24.1 Å². The van der Waals surface area contributed by atoms with Crippen molar-refractivity contribution in [3.8, 4) is 5.75 Å². The monoisotopic (exact) mass is 550 g/mol. The minimum atomic E-state index is -0.576. The maximum Gasteiger partial charge on any atom is 0.138 e. The number of rotatable bonds is 10. The van der Waals surface area contributed by atoms with Crippen molar-refractivity contribution >= 4 is 15.9 Å². The quantitative estimate of drug-likeness (QED) is 0.401. The largest absolute Gasteiger partial charge is 0.492 e. The summed E-state index contributed by atoms with van der Waals surface area (Å²) < 4.78 is 7.18. The summed E-state index contributed by atoms with van der Waals surface area (Å²) in [6.07, 6.45) is 4.08. The van der Waals surface area contributed by atoms with E-state index in [9.17, 15) is 10.2 Å². The highest BCUT2D eigenvalue weighted by Gasteiger charge is 2.56. The first-order valence-corrected chi connectivity index (χ1v) is 14.4. The average molecular weight is 552 g/mol. The summed E-state index contributed by atoms with van der Waals surface area (Å²) in [5.74, 6) is 3.58. The lowest BCUT2D eigenvalue weighted by Gasteiger charge is -2.62. The van der Waals surface area contributed by atoms with Crippen molar-refractivity contribution in [2.24, 2.45) is 35.0 Å². The van der Waals surface area contributed by atoms with Gasteiger partial charge >= 0.3 is 0 Å². The van der Waals surface area contributed by atoms with Crippen LogP contribution < -0.4 is 10.1 Å². The highest BCUT2D eigenvalue weighted by molar-refractivity contribution is 9.10. The molecule has 35 heavy (non-hydrogen) atoms. The lowest BCUT2D eigenvalue weighted by Crippen LogP contribution is -2.61. The molecule has 0 aromatic heterocycles. The van der Waals surface area contributed by atoms with E-state index < -0.39 is 12.2 Å². The molecule has 5 aliphatic rings. The molecule has 4 saturated carbocycles. The summed E-state index contributed by atoms with van der Waals surface area (Å²) in [5, 5.41) is 26.6. The van der Waals surface area contributed by atoms with Crippen LogP contribution in [0.2, 0.25) is 0 Å². The highest BCUT2D eigenvalue weighted by Crippen LogP contribution is 2.61. The molecule has 1 heterocycles. The predicted molar refractivity (Wildman–Crippen MR) is 140 cm³/mol. The van der Waals surface area contributed by atoms with Gasteiger partial charge in [0.25, 0.3) is 0 Å². The van der Waals surface area contributed by atoms with Crippen molar-refractivity contribution in [3.05, 3.63) is 28.2 Å². The summed E-state index contributed by atoms with van der Waals surface area (Å²) in [4.78, 5) is 6.28. The van der Waals surface area contributed by atoms with Gasteiger partial charge in [-0.1, -0.05) is 32.9 Å². The summed E-state index contributed by atoms with van der Waals surface area (Å²) in [6, 6.07) is 6.58. The predicted octanol–water partition coefficient (Wildman–Crippen LogP) is 4.37. The normalized spacial score (nSPS) is 37.2. The molecule has 5 fully saturated rings. The summed E-state index contributed by atoms with van der Waals surface area (Å²) in [5.41, 5.74) is 1.52. The molecule has 1 aliphatic heterocycles. The Morgan fingerprint density at radius 1 is 1.29 bits per heavy atom. The Bertz CT molecular complexity index is 892. The molecule has 7 heteroatoms. The fourth-order valence-electron chi connectivity index (χ4n) is 7.13. The standard InChI is InChI=1S/C28H43BrN2O4/c1-16-21-10-20(28(21,3)4)11-23(16)30-12-24-26(17(2)33)25(14-32)35-31(24)13-19-6-5-7-22(29)27(19)34-15-18-8-9-18/h5-7,16-18,20-21,23-26,30,32-33H,8-15H2,1-4H3/t16-,17-,20-,21+,23-,24+,25-,26-/m0/s1. The number of aliphatic hydroxyl groups is 2. The summed E-state index contributed by atoms with van der Waals surface area (Å²) in [7, 11) is 0. The van der Waals surface area contributed by atoms with E-state index in [0.29, 0.717) is 29.8 Å². The van der Waals surface area contributed by atoms with Gasteiger partial charge in [0.1, 0.15) is 11.9 Å². The van der Waals surface area contributed by atoms with Crippen molar-refractivity contribution in [2.45, 2.75) is 84.2 Å². The van der Waals surface area contributed by atoms with Gasteiger partial charge in [0.05, 0.1) is 36.4 Å². The van der Waals surface area contributed by atoms with Gasteiger partial charge in [0.15, 0.2) is 0 Å². The molecule has 0 radical (unpaired) electrons. The number of aliphatic hydroxyl groups excluding tert-OH is 2. The van der Waals surface area contributed by atoms with Gasteiger partial charge in [-0.3, -0.25) is 4.84 Å². The number of hydrogen-bond acceptors (Lipinski definition) is 6. The Balaban J connectivity index is 1.31. The highest BCUT2D eigenvalue weighted by atomic mass is 79.9. The van der Waals surface area contributed by atoms with Crippen LogP contribution in [0.25, 0.3) is 0 Å². The van der Waals surface area contributed by atoms with Crippen LogP contribution in [0.3, 0.4) is 0 Å². The number of fused-ring (bicyclic) bond motifs is 2. The fourth-order valence-corrected chi connectivity index (χ4v) is 7.65. The van der Waals surface area contributed by atoms with Crippen molar-refractivity contribution in [3.63, 3.8) is 0 Å². The number of nitrogens with one attached hydrogen (secondary N) is 1. The molecule has 6 nitrogen and oxygen atoms in total. The van der Waals surface area contributed by atoms with Gasteiger partial charge in [-0.05, 0) is 83.7 Å². The van der Waals surface area contributed by atoms with E-state index in [-0.39, 0.29) is 18.6 Å². The van der Waals surface area contributed by atoms with Crippen molar-refractivity contribution < 1.29 is 19.8 Å². The smallest absolute Gasteiger partial charge is 0.138 e. The minimum absolute atomic E-state index is 0.0409. The van der Waals surface area contributed by atoms with Gasteiger partial charge in [0.2, 0.25) is 0 Å². The third-order valence-electron chi connectivity index (χ3n) is 9.73. The molecular weight excluding hydrogens is 508 g/mol. The Morgan fingerprint density at radius 3 is 2.69 bits per heavy atom. The SMILES string of the molecule is C[C@@H]1[C@@H](NC[C@@H]2[C@H]([C@H](C)O)[C@H](CO)ON2Cc2cccc(Br)c2OCC2CC2)C[C@@H]2C[C@H]1C2(C)C. The number of hydroxylamine groups is 2. The molecule has 0 spiro atoms. The molecule has 1 aromatic carbocycles. The average Bonchev–Trinajstić information content (AvgIpc) is 3.57. The number of benzene rings is 1. The topological polar surface area (TPSA) is 74.2 Å². The van der Waals surface area contributed by atoms with Gasteiger partial charge in [-0.25, -0.2) is 0 Å². The Hall–Kier alpha value is -0.700. The molecule has 0 unspecified atom stereocenters. The van der Waals surface area contributed by atoms with Crippen LogP contribution in [-0.4, -0.2) is 59.3 Å². The second kappa shape index (κ2) is 10.2. The Kier molecular flexibility index (Phi) is 7.57. The first-order chi connectivity index (χ1) is 16.7. The number of para-hydroxylation sites is 1. The van der Waals surface area contributed by atoms with Gasteiger partial charge in [-0.15, -0.1) is 0 Å². The minimum Gasteiger partial charge on any atom is -0.492 e. The molecule has 2 bridgehead atoms. The third kappa shape index (κ3) is 5.06. The van der Waals surface area contributed by atoms with Crippen LogP contribution in [0.1, 0.15) is 58.9 Å². The zero-order valence-corrected chi connectivity index (χ0v) is 23.2. The lowest BCUT2D eigenvalue weighted by molar-refractivity contribution is -0.178. The van der Waals surface area contributed by atoms with Gasteiger partial charge in [-0.2, -0.15) is 5.06 Å². The van der Waals surface area contributed by atoms with E-state index in [2.05, 4.69) is 48.1 Å². The van der Waals surface area contributed by atoms with Crippen molar-refractivity contribution in [2.75, 3.05) is 19.8 Å². The van der Waals surface area contributed by atoms with Crippen molar-refractivity contribution in [1.29, 1.82) is 0 Å². The zero-order chi connectivity index (χ0) is 24.9. The number of ether oxygens (including phenoxy) is 1. The second-order valence-electron chi connectivity index (χ2n) is 12.2. The first-order valence-electron chi connectivity index (χ1n) is 13.6. The Morgan fingerprint density at radius 2 is 2.06 bits per heavy atom. The van der Waals surface area contributed by atoms with E-state index in [0.717, 1.165) is 40.8 Å². The second-order valence-corrected chi connectivity index (χ2v) is 13.1. The third-order valence-corrected chi connectivity index (χ3v) is 10.4. The molecule has 1 aromatic rings. The molecule has 1 saturated heterocycles. The van der Waals surface area contributed by atoms with Crippen LogP contribution >= 0.6 is 15.9 Å². The number of halogens is 1. The number of hydrogen-bond donors (Lipinski definition) is 3. The molecule has 4 aliphatic carbocycles. The molecule has 196 valence electrons. The first kappa shape index (κ1) is 25.9. The molecule has 3 N–H and O–H groups in total. The zero-order valence-electron chi connectivity index (χ0n) is 21.6. The van der Waals surface area contributed by atoms with Crippen LogP contribution in [0.4, 0.5) is 0 Å². The maximum atomic E-state index is 10.7. The van der Waals surface area contributed by atoms with Gasteiger partial charge in [0, 0.05) is 24.1 Å². The van der Waals surface area contributed by atoms with Crippen LogP contribution in [-0.2, 0) is 11.4 Å². The summed E-state index contributed by atoms with van der Waals surface area (Å²) >= 11 is 3.67. The number of nitrogens with zero attached hydrogens (tertiary/aromatic N) is 1. The van der Waals surface area contributed by atoms with Crippen molar-refractivity contribution in [1.82, 2.24) is 10.4 Å². The fraction of sp³-hybridized carbons (Fsp3) is 0.786. The van der Waals surface area contributed by atoms with E-state index in [1.165, 1.54) is 25.7 Å². The maximum absolute atomic E-state index is 10.7. The summed E-state index contributed by atoms with van der Waals surface area (Å²) in [6.45, 7) is 11.0. The van der Waals surface area contributed by atoms with E-state index in [1.54, 1.807) is 0 Å². The van der Waals surface area contributed by atoms with E-state index in [4.69, 9.17) is 9.57 Å². The lowest BCUT2D eigenvalue weighted by atomic mass is 9.45. The molecule has 0 amide bonds. The molecule has 8 atom stereocenters.